The number of methoxy groups -OCH3 is 1. The van der Waals surface area contributed by atoms with Gasteiger partial charge in [-0.2, -0.15) is 0 Å². The number of urea groups is 1. The fourth-order valence-corrected chi connectivity index (χ4v) is 4.60. The molecule has 5 rings (SSSR count). The van der Waals surface area contributed by atoms with Gasteiger partial charge in [0.25, 0.3) is 0 Å². The van der Waals surface area contributed by atoms with E-state index in [0.29, 0.717) is 17.4 Å². The van der Waals surface area contributed by atoms with Crippen LogP contribution in [0.2, 0.25) is 0 Å². The number of ether oxygens (including phenoxy) is 1. The predicted octanol–water partition coefficient (Wildman–Crippen LogP) is 3.49. The van der Waals surface area contributed by atoms with Gasteiger partial charge >= 0.3 is 6.03 Å². The van der Waals surface area contributed by atoms with Crippen LogP contribution in [0.15, 0.2) is 42.6 Å². The number of hydrogen-bond donors (Lipinski definition) is 2. The summed E-state index contributed by atoms with van der Waals surface area (Å²) in [4.78, 5) is 23.9. The quantitative estimate of drug-likeness (QED) is 0.658. The van der Waals surface area contributed by atoms with Crippen LogP contribution < -0.4 is 10.1 Å². The third-order valence-electron chi connectivity index (χ3n) is 6.45. The number of rotatable bonds is 4. The smallest absolute Gasteiger partial charge is 0.317 e. The summed E-state index contributed by atoms with van der Waals surface area (Å²) >= 11 is 0. The fraction of sp³-hybridized carbons (Fsp3) is 0.333. The van der Waals surface area contributed by atoms with Gasteiger partial charge in [-0.3, -0.25) is 4.90 Å². The summed E-state index contributed by atoms with van der Waals surface area (Å²) in [5.74, 6) is 0.322. The molecular formula is C24H26FN5O2. The van der Waals surface area contributed by atoms with Crippen molar-refractivity contribution in [2.75, 3.05) is 40.3 Å². The van der Waals surface area contributed by atoms with E-state index >= 15 is 0 Å². The number of hydrogen-bond acceptors (Lipinski definition) is 4. The second kappa shape index (κ2) is 8.27. The predicted molar refractivity (Wildman–Crippen MR) is 122 cm³/mol. The van der Waals surface area contributed by atoms with Crippen LogP contribution in [0, 0.1) is 5.82 Å². The molecule has 2 amide bonds. The van der Waals surface area contributed by atoms with E-state index in [4.69, 9.17) is 4.74 Å². The molecule has 0 radical (unpaired) electrons. The number of benzene rings is 1. The summed E-state index contributed by atoms with van der Waals surface area (Å²) in [7, 11) is 3.25. The number of pyridine rings is 1. The van der Waals surface area contributed by atoms with Crippen molar-refractivity contribution in [1.29, 1.82) is 0 Å². The number of carbonyl (C=O) groups excluding carboxylic acids is 1. The lowest BCUT2D eigenvalue weighted by molar-refractivity contribution is 0.0641. The van der Waals surface area contributed by atoms with Crippen molar-refractivity contribution in [3.63, 3.8) is 0 Å². The molecule has 0 saturated carbocycles. The molecule has 2 aromatic heterocycles. The molecule has 0 spiro atoms. The van der Waals surface area contributed by atoms with Crippen molar-refractivity contribution < 1.29 is 13.9 Å². The Balaban J connectivity index is 1.38. The van der Waals surface area contributed by atoms with E-state index in [9.17, 15) is 9.18 Å². The number of aromatic amines is 1. The zero-order valence-electron chi connectivity index (χ0n) is 18.2. The highest BCUT2D eigenvalue weighted by molar-refractivity contribution is 5.96. The van der Waals surface area contributed by atoms with Crippen molar-refractivity contribution in [2.45, 2.75) is 12.5 Å². The number of nitrogens with one attached hydrogen (secondary N) is 2. The molecule has 1 fully saturated rings. The van der Waals surface area contributed by atoms with Gasteiger partial charge in [-0.25, -0.2) is 14.2 Å². The molecule has 1 saturated heterocycles. The highest BCUT2D eigenvalue weighted by Gasteiger charge is 2.34. The van der Waals surface area contributed by atoms with E-state index in [-0.39, 0.29) is 11.8 Å². The summed E-state index contributed by atoms with van der Waals surface area (Å²) < 4.78 is 19.4. The molecule has 3 aromatic rings. The van der Waals surface area contributed by atoms with E-state index in [1.165, 1.54) is 17.7 Å². The summed E-state index contributed by atoms with van der Waals surface area (Å²) in [5, 5.41) is 3.62. The minimum Gasteiger partial charge on any atom is -0.496 e. The number of halogens is 1. The van der Waals surface area contributed by atoms with E-state index < -0.39 is 0 Å². The second-order valence-electron chi connectivity index (χ2n) is 8.24. The Morgan fingerprint density at radius 2 is 2.09 bits per heavy atom. The van der Waals surface area contributed by atoms with Crippen molar-refractivity contribution in [3.8, 4) is 16.9 Å². The molecule has 0 bridgehead atoms. The minimum atomic E-state index is -0.303. The lowest BCUT2D eigenvalue weighted by Crippen LogP contribution is -2.63. The van der Waals surface area contributed by atoms with Gasteiger partial charge < -0.3 is 19.9 Å². The number of fused-ring (bicyclic) bond motifs is 1. The van der Waals surface area contributed by atoms with Crippen LogP contribution in [-0.4, -0.2) is 72.2 Å². The first kappa shape index (κ1) is 20.5. The molecule has 1 aromatic carbocycles. The molecule has 2 N–H and O–H groups in total. The lowest BCUT2D eigenvalue weighted by Gasteiger charge is -2.45. The largest absolute Gasteiger partial charge is 0.496 e. The zero-order valence-corrected chi connectivity index (χ0v) is 18.2. The average molecular weight is 436 g/mol. The molecule has 166 valence electrons. The molecule has 8 heteroatoms. The topological polar surface area (TPSA) is 73.5 Å². The van der Waals surface area contributed by atoms with Crippen molar-refractivity contribution in [1.82, 2.24) is 25.1 Å². The van der Waals surface area contributed by atoms with Crippen molar-refractivity contribution in [3.05, 3.63) is 54.1 Å². The molecule has 32 heavy (non-hydrogen) atoms. The second-order valence-corrected chi connectivity index (χ2v) is 8.24. The van der Waals surface area contributed by atoms with Gasteiger partial charge in [0.15, 0.2) is 0 Å². The van der Waals surface area contributed by atoms with E-state index in [1.54, 1.807) is 26.4 Å². The van der Waals surface area contributed by atoms with Crippen LogP contribution in [0.25, 0.3) is 27.7 Å². The van der Waals surface area contributed by atoms with Crippen LogP contribution in [0.5, 0.6) is 5.75 Å². The van der Waals surface area contributed by atoms with Gasteiger partial charge in [0.2, 0.25) is 0 Å². The maximum Gasteiger partial charge on any atom is 0.317 e. The number of nitrogens with zero attached hydrogens (tertiary/aromatic N) is 3. The molecule has 2 aliphatic rings. The Morgan fingerprint density at radius 3 is 2.81 bits per heavy atom. The Bertz CT molecular complexity index is 1200. The molecule has 0 aliphatic carbocycles. The average Bonchev–Trinajstić information content (AvgIpc) is 3.23. The van der Waals surface area contributed by atoms with Gasteiger partial charge in [0.1, 0.15) is 17.2 Å². The standard InChI is InChI=1S/C24H26FN5O2/c1-26-24(31)30-13-17(14-30)29-9-6-15(7-10-29)21-12-20-18(5-8-27-23(20)28-21)19-11-16(25)3-4-22(19)32-2/h3-6,8,11-12,17H,7,9-10,13-14H2,1-2H3,(H,26,31)(H,27,28). The van der Waals surface area contributed by atoms with E-state index in [2.05, 4.69) is 32.3 Å². The van der Waals surface area contributed by atoms with Gasteiger partial charge in [-0.1, -0.05) is 6.08 Å². The maximum atomic E-state index is 14.0. The zero-order chi connectivity index (χ0) is 22.2. The number of likely N-dealkylation sites (tertiary alicyclic amines) is 1. The monoisotopic (exact) mass is 435 g/mol. The van der Waals surface area contributed by atoms with E-state index in [0.717, 1.165) is 54.9 Å². The van der Waals surface area contributed by atoms with Crippen molar-refractivity contribution >= 4 is 22.6 Å². The van der Waals surface area contributed by atoms with Gasteiger partial charge in [0, 0.05) is 62.1 Å². The Morgan fingerprint density at radius 1 is 1.25 bits per heavy atom. The molecule has 7 nitrogen and oxygen atoms in total. The van der Waals surface area contributed by atoms with Crippen molar-refractivity contribution in [2.24, 2.45) is 0 Å². The summed E-state index contributed by atoms with van der Waals surface area (Å²) in [6.07, 6.45) is 4.90. The number of aromatic nitrogens is 2. The first-order valence-corrected chi connectivity index (χ1v) is 10.8. The summed E-state index contributed by atoms with van der Waals surface area (Å²) in [6, 6.07) is 8.95. The summed E-state index contributed by atoms with van der Waals surface area (Å²) in [5.41, 5.74) is 4.65. The first-order valence-electron chi connectivity index (χ1n) is 10.8. The third kappa shape index (κ3) is 3.60. The van der Waals surface area contributed by atoms with Crippen LogP contribution >= 0.6 is 0 Å². The number of amides is 2. The lowest BCUT2D eigenvalue weighted by atomic mass is 9.99. The van der Waals surface area contributed by atoms with Crippen LogP contribution in [0.1, 0.15) is 12.1 Å². The first-order chi connectivity index (χ1) is 15.6. The molecule has 2 aliphatic heterocycles. The third-order valence-corrected chi connectivity index (χ3v) is 6.45. The highest BCUT2D eigenvalue weighted by Crippen LogP contribution is 2.36. The highest BCUT2D eigenvalue weighted by atomic mass is 19.1. The molecule has 4 heterocycles. The fourth-order valence-electron chi connectivity index (χ4n) is 4.60. The Kier molecular flexibility index (Phi) is 5.30. The van der Waals surface area contributed by atoms with Gasteiger partial charge in [-0.05, 0) is 47.9 Å². The molecular weight excluding hydrogens is 409 g/mol. The van der Waals surface area contributed by atoms with Crippen LogP contribution in [0.3, 0.4) is 0 Å². The Labute approximate surface area is 185 Å². The normalized spacial score (nSPS) is 17.2. The molecule has 0 atom stereocenters. The van der Waals surface area contributed by atoms with Gasteiger partial charge in [0.05, 0.1) is 7.11 Å². The number of carbonyl (C=O) groups is 1. The molecule has 0 unspecified atom stereocenters. The van der Waals surface area contributed by atoms with E-state index in [1.807, 2.05) is 11.0 Å². The minimum absolute atomic E-state index is 0.00852. The van der Waals surface area contributed by atoms with Crippen LogP contribution in [-0.2, 0) is 0 Å². The van der Waals surface area contributed by atoms with Crippen LogP contribution in [0.4, 0.5) is 9.18 Å². The Hall–Kier alpha value is -3.39. The number of H-pyrrole nitrogens is 1. The maximum absolute atomic E-state index is 14.0. The van der Waals surface area contributed by atoms with Gasteiger partial charge in [-0.15, -0.1) is 0 Å². The SMILES string of the molecule is CNC(=O)N1CC(N2CC=C(c3cc4c(-c5cc(F)ccc5OC)ccnc4[nH]3)CC2)C1. The summed E-state index contributed by atoms with van der Waals surface area (Å²) in [6.45, 7) is 3.36.